The summed E-state index contributed by atoms with van der Waals surface area (Å²) in [5.74, 6) is -2.60. The summed E-state index contributed by atoms with van der Waals surface area (Å²) in [4.78, 5) is 32.2. The molecule has 0 saturated carbocycles. The number of ketones is 1. The average molecular weight is 556 g/mol. The third kappa shape index (κ3) is 4.46. The highest BCUT2D eigenvalue weighted by atomic mass is 32.1. The van der Waals surface area contributed by atoms with E-state index in [0.29, 0.717) is 23.6 Å². The van der Waals surface area contributed by atoms with Crippen molar-refractivity contribution in [1.82, 2.24) is 35.0 Å². The van der Waals surface area contributed by atoms with E-state index in [1.165, 1.54) is 11.3 Å². The number of carbonyl (C=O) groups excluding carboxylic acids is 1. The Morgan fingerprint density at radius 3 is 2.75 bits per heavy atom. The quantitative estimate of drug-likeness (QED) is 0.233. The number of fused-ring (bicyclic) bond motifs is 2. The number of hydrogen-bond acceptors (Lipinski definition) is 7. The Morgan fingerprint density at radius 2 is 1.95 bits per heavy atom. The van der Waals surface area contributed by atoms with E-state index in [9.17, 15) is 13.6 Å². The predicted molar refractivity (Wildman–Crippen MR) is 150 cm³/mol. The molecule has 0 bridgehead atoms. The molecule has 0 spiro atoms. The van der Waals surface area contributed by atoms with Gasteiger partial charge in [-0.1, -0.05) is 0 Å². The summed E-state index contributed by atoms with van der Waals surface area (Å²) in [6, 6.07) is 11.7. The van der Waals surface area contributed by atoms with E-state index in [2.05, 4.69) is 30.1 Å². The van der Waals surface area contributed by atoms with E-state index < -0.39 is 5.92 Å². The van der Waals surface area contributed by atoms with Gasteiger partial charge in [-0.05, 0) is 48.9 Å². The van der Waals surface area contributed by atoms with Crippen molar-refractivity contribution in [2.24, 2.45) is 0 Å². The lowest BCUT2D eigenvalue weighted by Gasteiger charge is -2.15. The zero-order chi connectivity index (χ0) is 27.4. The topological polar surface area (TPSA) is 103 Å². The third-order valence-electron chi connectivity index (χ3n) is 7.20. The minimum Gasteiger partial charge on any atom is -0.353 e. The maximum Gasteiger partial charge on any atom is 0.261 e. The largest absolute Gasteiger partial charge is 0.353 e. The van der Waals surface area contributed by atoms with Gasteiger partial charge in [0.05, 0.1) is 33.4 Å². The van der Waals surface area contributed by atoms with Crippen LogP contribution in [0.2, 0.25) is 0 Å². The summed E-state index contributed by atoms with van der Waals surface area (Å²) in [6.45, 7) is 2.13. The van der Waals surface area contributed by atoms with Crippen molar-refractivity contribution in [1.29, 1.82) is 0 Å². The number of alkyl halides is 2. The Kier molecular flexibility index (Phi) is 5.79. The molecule has 1 aliphatic heterocycles. The van der Waals surface area contributed by atoms with Crippen LogP contribution in [0, 0.1) is 0 Å². The molecule has 0 atom stereocenters. The Balaban J connectivity index is 1.24. The first-order valence-corrected chi connectivity index (χ1v) is 13.6. The number of H-pyrrole nitrogens is 2. The van der Waals surface area contributed by atoms with Gasteiger partial charge >= 0.3 is 0 Å². The first kappa shape index (κ1) is 24.7. The van der Waals surface area contributed by atoms with Crippen LogP contribution in [-0.2, 0) is 6.54 Å². The summed E-state index contributed by atoms with van der Waals surface area (Å²) in [5, 5.41) is 9.29. The molecule has 2 N–H and O–H groups in total. The molecule has 0 amide bonds. The normalized spacial score (nSPS) is 15.4. The summed E-state index contributed by atoms with van der Waals surface area (Å²) in [5.41, 5.74) is 6.48. The van der Waals surface area contributed by atoms with Crippen LogP contribution in [0.1, 0.15) is 28.6 Å². The highest BCUT2D eigenvalue weighted by Crippen LogP contribution is 2.36. The molecular formula is C29H23F2N7OS. The van der Waals surface area contributed by atoms with Crippen molar-refractivity contribution >= 4 is 39.1 Å². The van der Waals surface area contributed by atoms with Gasteiger partial charge in [-0.15, -0.1) is 11.3 Å². The molecule has 7 heterocycles. The number of aromatic amines is 2. The summed E-state index contributed by atoms with van der Waals surface area (Å²) >= 11 is 1.43. The van der Waals surface area contributed by atoms with Crippen LogP contribution in [0.3, 0.4) is 0 Å². The van der Waals surface area contributed by atoms with E-state index in [0.717, 1.165) is 54.9 Å². The minimum atomic E-state index is -2.63. The van der Waals surface area contributed by atoms with E-state index in [-0.39, 0.29) is 18.7 Å². The first-order chi connectivity index (χ1) is 19.3. The third-order valence-corrected chi connectivity index (χ3v) is 8.39. The fourth-order valence-corrected chi connectivity index (χ4v) is 6.15. The number of thiophene rings is 1. The molecular weight excluding hydrogens is 532 g/mol. The Bertz CT molecular complexity index is 1910. The molecule has 1 saturated heterocycles. The van der Waals surface area contributed by atoms with Gasteiger partial charge in [0, 0.05) is 71.7 Å². The predicted octanol–water partition coefficient (Wildman–Crippen LogP) is 6.34. The molecule has 6 aromatic rings. The van der Waals surface area contributed by atoms with E-state index >= 15 is 0 Å². The molecule has 1 aliphatic rings. The second-order valence-corrected chi connectivity index (χ2v) is 11.2. The molecule has 0 aliphatic carbocycles. The molecule has 0 unspecified atom stereocenters. The SMILES string of the molecule is CC(=O)c1ccc(-c2nccc3[nH]c(-c4[nH]nc5ncc(-c6cncc(CN7CCC(F)(F)C7)c6)cc45)cc23)s1. The van der Waals surface area contributed by atoms with Crippen LogP contribution in [-0.4, -0.2) is 59.8 Å². The van der Waals surface area contributed by atoms with Crippen LogP contribution in [0.4, 0.5) is 8.78 Å². The smallest absolute Gasteiger partial charge is 0.261 e. The fraction of sp³-hybridized carbons (Fsp3) is 0.207. The molecule has 11 heteroatoms. The van der Waals surface area contributed by atoms with Crippen molar-refractivity contribution in [3.63, 3.8) is 0 Å². The molecule has 1 fully saturated rings. The summed E-state index contributed by atoms with van der Waals surface area (Å²) in [6.07, 6.45) is 6.86. The van der Waals surface area contributed by atoms with E-state index in [4.69, 9.17) is 0 Å². The van der Waals surface area contributed by atoms with Crippen molar-refractivity contribution in [3.8, 4) is 33.1 Å². The molecule has 7 rings (SSSR count). The number of halogens is 2. The Morgan fingerprint density at radius 1 is 1.07 bits per heavy atom. The highest BCUT2D eigenvalue weighted by Gasteiger charge is 2.37. The number of aromatic nitrogens is 6. The second kappa shape index (κ2) is 9.39. The van der Waals surface area contributed by atoms with Crippen molar-refractivity contribution < 1.29 is 13.6 Å². The lowest BCUT2D eigenvalue weighted by atomic mass is 10.1. The zero-order valence-corrected chi connectivity index (χ0v) is 22.2. The Labute approximate surface area is 231 Å². The molecule has 40 heavy (non-hydrogen) atoms. The number of hydrogen-bond donors (Lipinski definition) is 2. The molecule has 8 nitrogen and oxygen atoms in total. The summed E-state index contributed by atoms with van der Waals surface area (Å²) < 4.78 is 27.3. The van der Waals surface area contributed by atoms with Crippen molar-refractivity contribution in [2.45, 2.75) is 25.8 Å². The van der Waals surface area contributed by atoms with Gasteiger partial charge < -0.3 is 4.98 Å². The van der Waals surface area contributed by atoms with Crippen molar-refractivity contribution in [2.75, 3.05) is 13.1 Å². The average Bonchev–Trinajstić information content (AvgIpc) is 3.73. The maximum absolute atomic E-state index is 13.7. The standard InChI is InChI=1S/C29H23F2N7OS/c1-16(39)24-2-3-25(40-24)27-20-10-23(35-22(20)4-6-33-27)26-21-9-19(13-34-28(21)37-36-26)18-8-17(11-32-12-18)14-38-7-5-29(30,31)15-38/h2-4,6,8-13,35H,5,7,14-15H2,1H3,(H,34,36,37). The number of nitrogens with zero attached hydrogens (tertiary/aromatic N) is 5. The van der Waals surface area contributed by atoms with Gasteiger partial charge in [-0.3, -0.25) is 24.8 Å². The minimum absolute atomic E-state index is 0.0312. The molecule has 6 aromatic heterocycles. The van der Waals surface area contributed by atoms with E-state index in [1.807, 2.05) is 36.4 Å². The number of rotatable bonds is 6. The number of carbonyl (C=O) groups is 1. The fourth-order valence-electron chi connectivity index (χ4n) is 5.23. The van der Waals surface area contributed by atoms with Crippen LogP contribution in [0.5, 0.6) is 0 Å². The number of likely N-dealkylation sites (tertiary alicyclic amines) is 1. The molecule has 200 valence electrons. The summed E-state index contributed by atoms with van der Waals surface area (Å²) in [7, 11) is 0. The van der Waals surface area contributed by atoms with Gasteiger partial charge in [-0.25, -0.2) is 13.8 Å². The number of Topliss-reactive ketones (excluding diaryl/α,β-unsaturated/α-hetero) is 1. The number of pyridine rings is 3. The van der Waals surface area contributed by atoms with Crippen molar-refractivity contribution in [3.05, 3.63) is 71.6 Å². The van der Waals surface area contributed by atoms with Gasteiger partial charge in [0.2, 0.25) is 0 Å². The lowest BCUT2D eigenvalue weighted by molar-refractivity contribution is 0.0115. The molecule has 0 radical (unpaired) electrons. The van der Waals surface area contributed by atoms with Gasteiger partial charge in [0.1, 0.15) is 0 Å². The van der Waals surface area contributed by atoms with Crippen LogP contribution in [0.25, 0.3) is 55.0 Å². The number of nitrogens with one attached hydrogen (secondary N) is 2. The Hall–Kier alpha value is -4.35. The van der Waals surface area contributed by atoms with Crippen LogP contribution < -0.4 is 0 Å². The first-order valence-electron chi connectivity index (χ1n) is 12.8. The van der Waals surface area contributed by atoms with Gasteiger partial charge in [0.15, 0.2) is 11.4 Å². The zero-order valence-electron chi connectivity index (χ0n) is 21.4. The van der Waals surface area contributed by atoms with Gasteiger partial charge in [0.25, 0.3) is 5.92 Å². The monoisotopic (exact) mass is 555 g/mol. The maximum atomic E-state index is 13.7. The van der Waals surface area contributed by atoms with E-state index in [1.54, 1.807) is 36.6 Å². The molecule has 0 aromatic carbocycles. The van der Waals surface area contributed by atoms with Crippen LogP contribution in [0.15, 0.2) is 61.2 Å². The van der Waals surface area contributed by atoms with Gasteiger partial charge in [-0.2, -0.15) is 5.10 Å². The lowest BCUT2D eigenvalue weighted by Crippen LogP contribution is -2.24. The highest BCUT2D eigenvalue weighted by molar-refractivity contribution is 7.17. The second-order valence-electron chi connectivity index (χ2n) is 10.1. The van der Waals surface area contributed by atoms with Crippen LogP contribution >= 0.6 is 11.3 Å².